The highest BCUT2D eigenvalue weighted by Gasteiger charge is 2.44. The first-order valence-corrected chi connectivity index (χ1v) is 10.1. The first-order chi connectivity index (χ1) is 9.28. The van der Waals surface area contributed by atoms with Gasteiger partial charge in [-0.25, -0.2) is 16.8 Å². The van der Waals surface area contributed by atoms with E-state index in [9.17, 15) is 16.8 Å². The maximum atomic E-state index is 12.5. The number of rotatable bonds is 3. The van der Waals surface area contributed by atoms with E-state index in [1.54, 1.807) is 4.31 Å². The summed E-state index contributed by atoms with van der Waals surface area (Å²) in [5.74, 6) is 0.470. The van der Waals surface area contributed by atoms with Gasteiger partial charge in [-0.05, 0) is 49.4 Å². The van der Waals surface area contributed by atoms with E-state index >= 15 is 0 Å². The molecule has 1 aromatic rings. The minimum atomic E-state index is -3.83. The van der Waals surface area contributed by atoms with E-state index in [1.807, 2.05) is 0 Å². The lowest BCUT2D eigenvalue weighted by Crippen LogP contribution is -2.37. The monoisotopic (exact) mass is 335 g/mol. The summed E-state index contributed by atoms with van der Waals surface area (Å²) in [5.41, 5.74) is 0. The highest BCUT2D eigenvalue weighted by atomic mass is 35.7. The van der Waals surface area contributed by atoms with Crippen molar-refractivity contribution in [2.45, 2.75) is 35.1 Å². The lowest BCUT2D eigenvalue weighted by Gasteiger charge is -2.26. The highest BCUT2D eigenvalue weighted by Crippen LogP contribution is 2.40. The molecule has 1 saturated carbocycles. The molecule has 0 N–H and O–H groups in total. The summed E-state index contributed by atoms with van der Waals surface area (Å²) in [7, 11) is -2.15. The molecular formula is C12H14ClNO4S2. The number of sulfonamides is 1. The molecule has 110 valence electrons. The molecule has 2 aliphatic rings. The average Bonchev–Trinajstić information content (AvgIpc) is 3.00. The summed E-state index contributed by atoms with van der Waals surface area (Å²) in [5, 5.41) is 0. The number of piperidine rings is 1. The van der Waals surface area contributed by atoms with Crippen LogP contribution in [0.5, 0.6) is 0 Å². The van der Waals surface area contributed by atoms with Gasteiger partial charge in [0.1, 0.15) is 0 Å². The van der Waals surface area contributed by atoms with Crippen LogP contribution in [0.4, 0.5) is 0 Å². The molecule has 0 spiro atoms. The maximum absolute atomic E-state index is 12.5. The molecule has 1 aliphatic carbocycles. The van der Waals surface area contributed by atoms with Crippen LogP contribution in [0.3, 0.4) is 0 Å². The Balaban J connectivity index is 1.92. The average molecular weight is 336 g/mol. The summed E-state index contributed by atoms with van der Waals surface area (Å²) >= 11 is 0. The Hall–Kier alpha value is -0.630. The van der Waals surface area contributed by atoms with Crippen molar-refractivity contribution in [1.82, 2.24) is 4.31 Å². The Bertz CT molecular complexity index is 727. The smallest absolute Gasteiger partial charge is 0.207 e. The van der Waals surface area contributed by atoms with Gasteiger partial charge in [-0.2, -0.15) is 4.31 Å². The molecule has 20 heavy (non-hydrogen) atoms. The van der Waals surface area contributed by atoms with Gasteiger partial charge in [-0.3, -0.25) is 0 Å². The van der Waals surface area contributed by atoms with Gasteiger partial charge in [0.25, 0.3) is 9.05 Å². The third-order valence-corrected chi connectivity index (χ3v) is 7.37. The van der Waals surface area contributed by atoms with Gasteiger partial charge in [-0.15, -0.1) is 0 Å². The van der Waals surface area contributed by atoms with Crippen LogP contribution in [0.15, 0.2) is 34.1 Å². The quantitative estimate of drug-likeness (QED) is 0.789. The van der Waals surface area contributed by atoms with Gasteiger partial charge >= 0.3 is 0 Å². The van der Waals surface area contributed by atoms with Crippen molar-refractivity contribution in [1.29, 1.82) is 0 Å². The van der Waals surface area contributed by atoms with E-state index in [1.165, 1.54) is 24.3 Å². The fraction of sp³-hybridized carbons (Fsp3) is 0.500. The van der Waals surface area contributed by atoms with E-state index < -0.39 is 19.1 Å². The Morgan fingerprint density at radius 2 is 1.60 bits per heavy atom. The van der Waals surface area contributed by atoms with E-state index in [0.717, 1.165) is 19.3 Å². The number of benzene rings is 1. The zero-order valence-corrected chi connectivity index (χ0v) is 13.0. The summed E-state index contributed by atoms with van der Waals surface area (Å²) in [6.45, 7) is 0.572. The van der Waals surface area contributed by atoms with Gasteiger partial charge in [0.15, 0.2) is 0 Å². The molecule has 3 rings (SSSR count). The number of fused-ring (bicyclic) bond motifs is 2. The zero-order chi connectivity index (χ0) is 14.5. The minimum absolute atomic E-state index is 0.0962. The Morgan fingerprint density at radius 1 is 1.00 bits per heavy atom. The van der Waals surface area contributed by atoms with Crippen molar-refractivity contribution in [2.24, 2.45) is 5.92 Å². The van der Waals surface area contributed by atoms with E-state index in [4.69, 9.17) is 10.7 Å². The predicted molar refractivity (Wildman–Crippen MR) is 74.5 cm³/mol. The SMILES string of the molecule is O=S(=O)(Cl)c1ccc(S(=O)(=O)N2CC3CCC2C3)cc1. The van der Waals surface area contributed by atoms with Gasteiger partial charge in [-0.1, -0.05) is 0 Å². The first-order valence-electron chi connectivity index (χ1n) is 6.35. The van der Waals surface area contributed by atoms with Crippen molar-refractivity contribution >= 4 is 29.8 Å². The second-order valence-corrected chi connectivity index (χ2v) is 9.77. The van der Waals surface area contributed by atoms with Crippen molar-refractivity contribution in [2.75, 3.05) is 6.54 Å². The first kappa shape index (κ1) is 14.3. The van der Waals surface area contributed by atoms with E-state index in [-0.39, 0.29) is 15.8 Å². The fourth-order valence-electron chi connectivity index (χ4n) is 3.08. The molecule has 2 unspecified atom stereocenters. The lowest BCUT2D eigenvalue weighted by molar-refractivity contribution is 0.333. The fourth-order valence-corrected chi connectivity index (χ4v) is 5.60. The molecule has 1 aromatic carbocycles. The number of hydrogen-bond acceptors (Lipinski definition) is 4. The summed E-state index contributed by atoms with van der Waals surface area (Å²) < 4.78 is 48.9. The van der Waals surface area contributed by atoms with Crippen LogP contribution in [0.25, 0.3) is 0 Å². The maximum Gasteiger partial charge on any atom is 0.261 e. The molecule has 0 amide bonds. The molecule has 2 bridgehead atoms. The zero-order valence-electron chi connectivity index (χ0n) is 10.6. The normalized spacial score (nSPS) is 27.1. The van der Waals surface area contributed by atoms with Crippen molar-refractivity contribution in [3.8, 4) is 0 Å². The van der Waals surface area contributed by atoms with Crippen LogP contribution < -0.4 is 0 Å². The lowest BCUT2D eigenvalue weighted by atomic mass is 10.1. The van der Waals surface area contributed by atoms with Crippen LogP contribution in [0.2, 0.25) is 0 Å². The Morgan fingerprint density at radius 3 is 2.05 bits per heavy atom. The number of nitrogens with zero attached hydrogens (tertiary/aromatic N) is 1. The molecule has 0 radical (unpaired) electrons. The molecule has 2 fully saturated rings. The Kier molecular flexibility index (Phi) is 3.36. The second-order valence-electron chi connectivity index (χ2n) is 5.32. The van der Waals surface area contributed by atoms with Crippen LogP contribution in [-0.2, 0) is 19.1 Å². The van der Waals surface area contributed by atoms with Gasteiger partial charge in [0, 0.05) is 23.3 Å². The van der Waals surface area contributed by atoms with Gasteiger partial charge < -0.3 is 0 Å². The molecule has 8 heteroatoms. The van der Waals surface area contributed by atoms with E-state index in [2.05, 4.69) is 0 Å². The third-order valence-electron chi connectivity index (χ3n) is 4.07. The molecule has 1 aliphatic heterocycles. The van der Waals surface area contributed by atoms with Crippen molar-refractivity contribution in [3.05, 3.63) is 24.3 Å². The van der Waals surface area contributed by atoms with Gasteiger partial charge in [0.2, 0.25) is 10.0 Å². The van der Waals surface area contributed by atoms with Crippen molar-refractivity contribution < 1.29 is 16.8 Å². The molecular weight excluding hydrogens is 322 g/mol. The van der Waals surface area contributed by atoms with Gasteiger partial charge in [0.05, 0.1) is 9.79 Å². The summed E-state index contributed by atoms with van der Waals surface area (Å²) in [6, 6.07) is 5.15. The standard InChI is InChI=1S/C12H14ClNO4S2/c13-19(15,16)11-3-5-12(6-4-11)20(17,18)14-8-9-1-2-10(14)7-9/h3-6,9-10H,1-2,7-8H2. The number of halogens is 1. The molecule has 1 heterocycles. The Labute approximate surface area is 123 Å². The molecule has 1 saturated heterocycles. The predicted octanol–water partition coefficient (Wildman–Crippen LogP) is 1.79. The van der Waals surface area contributed by atoms with Crippen LogP contribution in [-0.4, -0.2) is 33.7 Å². The van der Waals surface area contributed by atoms with Crippen LogP contribution >= 0.6 is 10.7 Å². The highest BCUT2D eigenvalue weighted by molar-refractivity contribution is 8.13. The molecule has 0 aromatic heterocycles. The number of hydrogen-bond donors (Lipinski definition) is 0. The third kappa shape index (κ3) is 2.36. The van der Waals surface area contributed by atoms with Crippen LogP contribution in [0.1, 0.15) is 19.3 Å². The van der Waals surface area contributed by atoms with Crippen LogP contribution in [0, 0.1) is 5.92 Å². The molecule has 5 nitrogen and oxygen atoms in total. The minimum Gasteiger partial charge on any atom is -0.207 e. The molecule has 2 atom stereocenters. The second kappa shape index (κ2) is 4.69. The van der Waals surface area contributed by atoms with E-state index in [0.29, 0.717) is 12.5 Å². The largest absolute Gasteiger partial charge is 0.261 e. The van der Waals surface area contributed by atoms with Crippen molar-refractivity contribution in [3.63, 3.8) is 0 Å². The summed E-state index contributed by atoms with van der Waals surface area (Å²) in [4.78, 5) is 0.0233. The topological polar surface area (TPSA) is 71.5 Å². The summed E-state index contributed by atoms with van der Waals surface area (Å²) in [6.07, 6.45) is 2.95.